The molecule has 1 aromatic heterocycles. The first-order chi connectivity index (χ1) is 19.7. The molecule has 3 heterocycles. The van der Waals surface area contributed by atoms with Gasteiger partial charge in [-0.05, 0) is 58.5 Å². The Morgan fingerprint density at radius 2 is 1.27 bits per heavy atom. The molecule has 0 bridgehead atoms. The zero-order valence-electron chi connectivity index (χ0n) is 21.8. The van der Waals surface area contributed by atoms with Crippen molar-refractivity contribution in [1.29, 1.82) is 0 Å². The first-order valence-corrected chi connectivity index (χ1v) is 13.5. The number of ether oxygens (including phenoxy) is 2. The van der Waals surface area contributed by atoms with E-state index in [4.69, 9.17) is 9.47 Å². The summed E-state index contributed by atoms with van der Waals surface area (Å²) in [6.07, 6.45) is 5.59. The maximum Gasteiger partial charge on any atom is 0.260 e. The Balaban J connectivity index is 1.32. The molecule has 0 spiro atoms. The largest absolute Gasteiger partial charge is 0.458 e. The van der Waals surface area contributed by atoms with Crippen molar-refractivity contribution in [2.45, 2.75) is 0 Å². The molecule has 6 aromatic rings. The fourth-order valence-corrected chi connectivity index (χ4v) is 6.34. The molecule has 0 fully saturated rings. The summed E-state index contributed by atoms with van der Waals surface area (Å²) >= 11 is 0. The van der Waals surface area contributed by atoms with Crippen molar-refractivity contribution < 1.29 is 9.47 Å². The second kappa shape index (κ2) is 8.65. The molecule has 8 rings (SSSR count). The monoisotopic (exact) mass is 513 g/mol. The number of benzene rings is 5. The Morgan fingerprint density at radius 3 is 1.93 bits per heavy atom. The Kier molecular flexibility index (Phi) is 4.92. The number of para-hydroxylation sites is 2. The number of hydrogen-bond acceptors (Lipinski definition) is 2. The molecule has 2 aliphatic rings. The van der Waals surface area contributed by atoms with Gasteiger partial charge < -0.3 is 14.0 Å². The molecule has 0 atom stereocenters. The average Bonchev–Trinajstić information content (AvgIpc) is 3.33. The average molecular weight is 513 g/mol. The van der Waals surface area contributed by atoms with Crippen LogP contribution >= 0.6 is 0 Å². The molecule has 0 amide bonds. The molecule has 0 N–H and O–H groups in total. The minimum Gasteiger partial charge on any atom is -0.458 e. The van der Waals surface area contributed by atoms with E-state index in [1.807, 2.05) is 30.4 Å². The van der Waals surface area contributed by atoms with E-state index in [0.717, 1.165) is 56.2 Å². The summed E-state index contributed by atoms with van der Waals surface area (Å²) < 4.78 is 15.4. The molecule has 0 radical (unpaired) electrons. The van der Waals surface area contributed by atoms with Crippen LogP contribution in [0, 0.1) is 0 Å². The SMILES string of the molecule is C=C/C=C(\C=C)c1ccc2c(c1)Oc1cccc3c1B2c1ccc(-n2c4ccccc4c4ccccc42)cc1O3. The van der Waals surface area contributed by atoms with E-state index in [9.17, 15) is 0 Å². The summed E-state index contributed by atoms with van der Waals surface area (Å²) in [6, 6.07) is 36.2. The van der Waals surface area contributed by atoms with E-state index >= 15 is 0 Å². The topological polar surface area (TPSA) is 23.4 Å². The molecular weight excluding hydrogens is 489 g/mol. The van der Waals surface area contributed by atoms with E-state index in [-0.39, 0.29) is 6.71 Å². The van der Waals surface area contributed by atoms with Crippen LogP contribution in [0.3, 0.4) is 0 Å². The lowest BCUT2D eigenvalue weighted by molar-refractivity contribution is 0.464. The van der Waals surface area contributed by atoms with E-state index in [0.29, 0.717) is 0 Å². The first-order valence-electron chi connectivity index (χ1n) is 13.5. The van der Waals surface area contributed by atoms with Gasteiger partial charge in [-0.1, -0.05) is 92.0 Å². The molecule has 5 aromatic carbocycles. The highest BCUT2D eigenvalue weighted by Gasteiger charge is 2.40. The first kappa shape index (κ1) is 22.7. The predicted molar refractivity (Wildman–Crippen MR) is 167 cm³/mol. The summed E-state index contributed by atoms with van der Waals surface area (Å²) in [5, 5.41) is 2.48. The molecule has 4 heteroatoms. The quantitative estimate of drug-likeness (QED) is 0.183. The Bertz CT molecular complexity index is 2010. The smallest absolute Gasteiger partial charge is 0.260 e. The zero-order valence-corrected chi connectivity index (χ0v) is 21.8. The summed E-state index contributed by atoms with van der Waals surface area (Å²) in [4.78, 5) is 0. The van der Waals surface area contributed by atoms with Gasteiger partial charge in [0.15, 0.2) is 0 Å². The highest BCUT2D eigenvalue weighted by molar-refractivity contribution is 6.98. The Hall–Kier alpha value is -5.22. The standard InChI is InChI=1S/C36H24BNO2/c1-3-10-23(4-2)24-17-19-28-34(21-24)39-32-15-9-16-33-36(32)37(28)29-20-18-25(22-35(29)40-33)38-30-13-7-5-11-26(30)27-12-6-8-14-31(27)38/h3-22H,1-2H2/b23-10+. The lowest BCUT2D eigenvalue weighted by Crippen LogP contribution is -2.57. The van der Waals surface area contributed by atoms with Crippen molar-refractivity contribution in [3.63, 3.8) is 0 Å². The maximum atomic E-state index is 6.59. The number of rotatable bonds is 4. The van der Waals surface area contributed by atoms with Gasteiger partial charge in [-0.15, -0.1) is 0 Å². The molecule has 0 unspecified atom stereocenters. The minimum atomic E-state index is 0.00974. The fourth-order valence-electron chi connectivity index (χ4n) is 6.34. The van der Waals surface area contributed by atoms with Gasteiger partial charge >= 0.3 is 0 Å². The summed E-state index contributed by atoms with van der Waals surface area (Å²) in [5.74, 6) is 3.38. The van der Waals surface area contributed by atoms with Crippen LogP contribution in [0.4, 0.5) is 0 Å². The molecule has 0 saturated heterocycles. The second-order valence-electron chi connectivity index (χ2n) is 10.2. The molecule has 40 heavy (non-hydrogen) atoms. The molecular formula is C36H24BNO2. The number of nitrogens with zero attached hydrogens (tertiary/aromatic N) is 1. The van der Waals surface area contributed by atoms with Gasteiger partial charge in [0.2, 0.25) is 0 Å². The molecule has 2 aliphatic heterocycles. The van der Waals surface area contributed by atoms with Crippen molar-refractivity contribution >= 4 is 50.5 Å². The third kappa shape index (κ3) is 3.20. The van der Waals surface area contributed by atoms with Crippen LogP contribution in [0.5, 0.6) is 23.0 Å². The van der Waals surface area contributed by atoms with Crippen LogP contribution in [0.2, 0.25) is 0 Å². The van der Waals surface area contributed by atoms with Gasteiger partial charge in [-0.25, -0.2) is 0 Å². The number of allylic oxidation sites excluding steroid dienone is 4. The molecule has 188 valence electrons. The van der Waals surface area contributed by atoms with Crippen LogP contribution in [0.1, 0.15) is 5.56 Å². The van der Waals surface area contributed by atoms with Crippen molar-refractivity contribution in [2.75, 3.05) is 0 Å². The van der Waals surface area contributed by atoms with Crippen molar-refractivity contribution in [1.82, 2.24) is 4.57 Å². The maximum absolute atomic E-state index is 6.59. The van der Waals surface area contributed by atoms with E-state index in [1.165, 1.54) is 21.8 Å². The van der Waals surface area contributed by atoms with Gasteiger partial charge in [0.05, 0.1) is 11.0 Å². The molecule has 3 nitrogen and oxygen atoms in total. The highest BCUT2D eigenvalue weighted by atomic mass is 16.5. The highest BCUT2D eigenvalue weighted by Crippen LogP contribution is 2.37. The number of hydrogen-bond donors (Lipinski definition) is 0. The lowest BCUT2D eigenvalue weighted by atomic mass is 9.35. The molecule has 0 aliphatic carbocycles. The van der Waals surface area contributed by atoms with Crippen LogP contribution in [-0.4, -0.2) is 11.3 Å². The van der Waals surface area contributed by atoms with E-state index in [1.54, 1.807) is 6.08 Å². The minimum absolute atomic E-state index is 0.00974. The number of aromatic nitrogens is 1. The van der Waals surface area contributed by atoms with E-state index in [2.05, 4.69) is 103 Å². The normalized spacial score (nSPS) is 13.2. The lowest BCUT2D eigenvalue weighted by Gasteiger charge is -2.33. The van der Waals surface area contributed by atoms with Crippen molar-refractivity contribution in [3.05, 3.63) is 140 Å². The third-order valence-electron chi connectivity index (χ3n) is 8.08. The van der Waals surface area contributed by atoms with Crippen LogP contribution in [-0.2, 0) is 0 Å². The number of fused-ring (bicyclic) bond motifs is 7. The Morgan fingerprint density at radius 1 is 0.650 bits per heavy atom. The predicted octanol–water partition coefficient (Wildman–Crippen LogP) is 7.27. The summed E-state index contributed by atoms with van der Waals surface area (Å²) in [5.41, 5.74) is 8.81. The van der Waals surface area contributed by atoms with Gasteiger partial charge in [0, 0.05) is 28.0 Å². The second-order valence-corrected chi connectivity index (χ2v) is 10.2. The van der Waals surface area contributed by atoms with Crippen LogP contribution in [0.25, 0.3) is 33.1 Å². The third-order valence-corrected chi connectivity index (χ3v) is 8.08. The van der Waals surface area contributed by atoms with Crippen LogP contribution < -0.4 is 25.9 Å². The summed E-state index contributed by atoms with van der Waals surface area (Å²) in [7, 11) is 0. The fraction of sp³-hybridized carbons (Fsp3) is 0. The van der Waals surface area contributed by atoms with Crippen molar-refractivity contribution in [3.8, 4) is 28.7 Å². The van der Waals surface area contributed by atoms with Gasteiger partial charge in [-0.3, -0.25) is 0 Å². The Labute approximate surface area is 233 Å². The zero-order chi connectivity index (χ0) is 26.8. The van der Waals surface area contributed by atoms with Gasteiger partial charge in [-0.2, -0.15) is 0 Å². The molecule has 0 saturated carbocycles. The summed E-state index contributed by atoms with van der Waals surface area (Å²) in [6.45, 7) is 7.83. The van der Waals surface area contributed by atoms with Crippen molar-refractivity contribution in [2.24, 2.45) is 0 Å². The van der Waals surface area contributed by atoms with Crippen LogP contribution in [0.15, 0.2) is 135 Å². The van der Waals surface area contributed by atoms with Gasteiger partial charge in [0.1, 0.15) is 23.0 Å². The van der Waals surface area contributed by atoms with E-state index < -0.39 is 0 Å². The van der Waals surface area contributed by atoms with Gasteiger partial charge in [0.25, 0.3) is 6.71 Å².